The maximum absolute atomic E-state index is 5.78. The van der Waals surface area contributed by atoms with E-state index in [0.29, 0.717) is 6.54 Å². The third-order valence-corrected chi connectivity index (χ3v) is 3.56. The van der Waals surface area contributed by atoms with Crippen LogP contribution in [0.1, 0.15) is 16.8 Å². The van der Waals surface area contributed by atoms with E-state index >= 15 is 0 Å². The average molecular weight is 251 g/mol. The van der Waals surface area contributed by atoms with Crippen LogP contribution in [0.5, 0.6) is 0 Å². The van der Waals surface area contributed by atoms with Gasteiger partial charge in [0.1, 0.15) is 0 Å². The number of nitrogens with two attached hydrogens (primary N) is 1. The molecule has 0 amide bonds. The molecule has 0 saturated carbocycles. The van der Waals surface area contributed by atoms with Crippen molar-refractivity contribution in [1.29, 1.82) is 0 Å². The molecule has 0 radical (unpaired) electrons. The molecule has 3 heteroatoms. The summed E-state index contributed by atoms with van der Waals surface area (Å²) in [6, 6.07) is 12.5. The van der Waals surface area contributed by atoms with Crippen LogP contribution < -0.4 is 5.73 Å². The van der Waals surface area contributed by atoms with Crippen LogP contribution in [0.2, 0.25) is 0 Å². The van der Waals surface area contributed by atoms with Crippen molar-refractivity contribution in [2.75, 3.05) is 0 Å². The molecule has 0 atom stereocenters. The highest BCUT2D eigenvalue weighted by atomic mass is 15.0. The summed E-state index contributed by atoms with van der Waals surface area (Å²) >= 11 is 0. The Balaban J connectivity index is 2.05. The standard InChI is InChI=1S/C16H17N3/c1-12-4-3-8-18-15(12)11-19-9-7-14-13(10-17)5-2-6-16(14)19/h2-9H,10-11,17H2,1H3. The molecule has 0 unspecified atom stereocenters. The summed E-state index contributed by atoms with van der Waals surface area (Å²) < 4.78 is 2.23. The Kier molecular flexibility index (Phi) is 3.05. The quantitative estimate of drug-likeness (QED) is 0.778. The molecule has 2 heterocycles. The number of aromatic nitrogens is 2. The SMILES string of the molecule is Cc1cccnc1Cn1ccc2c(CN)cccc21. The van der Waals surface area contributed by atoms with Crippen LogP contribution in [0.25, 0.3) is 10.9 Å². The van der Waals surface area contributed by atoms with Gasteiger partial charge in [-0.1, -0.05) is 18.2 Å². The Morgan fingerprint density at radius 3 is 2.84 bits per heavy atom. The van der Waals surface area contributed by atoms with Crippen molar-refractivity contribution in [1.82, 2.24) is 9.55 Å². The lowest BCUT2D eigenvalue weighted by molar-refractivity contribution is 0.799. The zero-order chi connectivity index (χ0) is 13.2. The fraction of sp³-hybridized carbons (Fsp3) is 0.188. The van der Waals surface area contributed by atoms with E-state index in [0.717, 1.165) is 12.2 Å². The smallest absolute Gasteiger partial charge is 0.0651 e. The van der Waals surface area contributed by atoms with Gasteiger partial charge < -0.3 is 10.3 Å². The lowest BCUT2D eigenvalue weighted by atomic mass is 10.1. The molecule has 3 rings (SSSR count). The normalized spacial score (nSPS) is 11.1. The lowest BCUT2D eigenvalue weighted by Crippen LogP contribution is -2.02. The van der Waals surface area contributed by atoms with E-state index in [9.17, 15) is 0 Å². The number of pyridine rings is 1. The summed E-state index contributed by atoms with van der Waals surface area (Å²) in [4.78, 5) is 4.46. The zero-order valence-electron chi connectivity index (χ0n) is 11.0. The molecule has 0 aliphatic rings. The Morgan fingerprint density at radius 2 is 2.05 bits per heavy atom. The molecule has 0 saturated heterocycles. The van der Waals surface area contributed by atoms with E-state index in [2.05, 4.69) is 53.0 Å². The predicted octanol–water partition coefficient (Wildman–Crippen LogP) is 2.85. The van der Waals surface area contributed by atoms with Crippen molar-refractivity contribution >= 4 is 10.9 Å². The van der Waals surface area contributed by atoms with Crippen LogP contribution >= 0.6 is 0 Å². The number of fused-ring (bicyclic) bond motifs is 1. The summed E-state index contributed by atoms with van der Waals surface area (Å²) in [6.45, 7) is 3.47. The van der Waals surface area contributed by atoms with Crippen LogP contribution in [0.3, 0.4) is 0 Å². The Bertz CT molecular complexity index is 713. The third kappa shape index (κ3) is 2.13. The van der Waals surface area contributed by atoms with Gasteiger partial charge in [0.05, 0.1) is 12.2 Å². The van der Waals surface area contributed by atoms with Gasteiger partial charge in [-0.25, -0.2) is 0 Å². The van der Waals surface area contributed by atoms with Crippen molar-refractivity contribution in [3.63, 3.8) is 0 Å². The molecular formula is C16H17N3. The summed E-state index contributed by atoms with van der Waals surface area (Å²) in [5.41, 5.74) is 10.5. The molecule has 0 bridgehead atoms. The molecular weight excluding hydrogens is 234 g/mol. The topological polar surface area (TPSA) is 43.8 Å². The Morgan fingerprint density at radius 1 is 1.16 bits per heavy atom. The van der Waals surface area contributed by atoms with Crippen LogP contribution in [0.4, 0.5) is 0 Å². The van der Waals surface area contributed by atoms with E-state index in [1.54, 1.807) is 0 Å². The summed E-state index contributed by atoms with van der Waals surface area (Å²) in [6.07, 6.45) is 3.96. The van der Waals surface area contributed by atoms with Crippen molar-refractivity contribution < 1.29 is 0 Å². The minimum absolute atomic E-state index is 0.573. The first-order chi connectivity index (χ1) is 9.29. The van der Waals surface area contributed by atoms with Crippen molar-refractivity contribution in [3.05, 3.63) is 65.6 Å². The number of hydrogen-bond donors (Lipinski definition) is 1. The second-order valence-electron chi connectivity index (χ2n) is 4.76. The molecule has 1 aromatic carbocycles. The molecule has 2 N–H and O–H groups in total. The molecule has 0 aliphatic heterocycles. The van der Waals surface area contributed by atoms with Crippen LogP contribution in [0.15, 0.2) is 48.8 Å². The van der Waals surface area contributed by atoms with Gasteiger partial charge in [-0.3, -0.25) is 4.98 Å². The number of rotatable bonds is 3. The van der Waals surface area contributed by atoms with Crippen molar-refractivity contribution in [3.8, 4) is 0 Å². The summed E-state index contributed by atoms with van der Waals surface area (Å²) in [7, 11) is 0. The lowest BCUT2D eigenvalue weighted by Gasteiger charge is -2.08. The molecule has 0 aliphatic carbocycles. The second kappa shape index (κ2) is 4.86. The first-order valence-electron chi connectivity index (χ1n) is 6.47. The van der Waals surface area contributed by atoms with Gasteiger partial charge in [0.15, 0.2) is 0 Å². The average Bonchev–Trinajstić information content (AvgIpc) is 2.84. The van der Waals surface area contributed by atoms with Crippen LogP contribution in [-0.2, 0) is 13.1 Å². The highest BCUT2D eigenvalue weighted by Gasteiger charge is 2.06. The number of benzene rings is 1. The largest absolute Gasteiger partial charge is 0.341 e. The zero-order valence-corrected chi connectivity index (χ0v) is 11.0. The first kappa shape index (κ1) is 11.9. The molecule has 0 spiro atoms. The molecule has 2 aromatic heterocycles. The van der Waals surface area contributed by atoms with Gasteiger partial charge in [0.2, 0.25) is 0 Å². The first-order valence-corrected chi connectivity index (χ1v) is 6.47. The molecule has 3 nitrogen and oxygen atoms in total. The van der Waals surface area contributed by atoms with Gasteiger partial charge in [-0.05, 0) is 36.2 Å². The maximum atomic E-state index is 5.78. The van der Waals surface area contributed by atoms with E-state index in [-0.39, 0.29) is 0 Å². The highest BCUT2D eigenvalue weighted by molar-refractivity contribution is 5.83. The van der Waals surface area contributed by atoms with Gasteiger partial charge >= 0.3 is 0 Å². The van der Waals surface area contributed by atoms with Gasteiger partial charge in [0, 0.05) is 29.8 Å². The number of nitrogens with zero attached hydrogens (tertiary/aromatic N) is 2. The van der Waals surface area contributed by atoms with Gasteiger partial charge in [-0.15, -0.1) is 0 Å². The fourth-order valence-corrected chi connectivity index (χ4v) is 2.45. The molecule has 96 valence electrons. The highest BCUT2D eigenvalue weighted by Crippen LogP contribution is 2.21. The Hall–Kier alpha value is -2.13. The van der Waals surface area contributed by atoms with E-state index in [4.69, 9.17) is 5.73 Å². The minimum atomic E-state index is 0.573. The van der Waals surface area contributed by atoms with E-state index < -0.39 is 0 Å². The molecule has 0 fully saturated rings. The molecule has 3 aromatic rings. The monoisotopic (exact) mass is 251 g/mol. The van der Waals surface area contributed by atoms with Crippen molar-refractivity contribution in [2.45, 2.75) is 20.0 Å². The number of hydrogen-bond acceptors (Lipinski definition) is 2. The van der Waals surface area contributed by atoms with Gasteiger partial charge in [-0.2, -0.15) is 0 Å². The van der Waals surface area contributed by atoms with Crippen LogP contribution in [-0.4, -0.2) is 9.55 Å². The fourth-order valence-electron chi connectivity index (χ4n) is 2.45. The minimum Gasteiger partial charge on any atom is -0.341 e. The van der Waals surface area contributed by atoms with E-state index in [1.165, 1.54) is 22.0 Å². The third-order valence-electron chi connectivity index (χ3n) is 3.56. The number of aryl methyl sites for hydroxylation is 1. The van der Waals surface area contributed by atoms with Gasteiger partial charge in [0.25, 0.3) is 0 Å². The summed E-state index contributed by atoms with van der Waals surface area (Å²) in [5.74, 6) is 0. The molecule has 19 heavy (non-hydrogen) atoms. The second-order valence-corrected chi connectivity index (χ2v) is 4.76. The van der Waals surface area contributed by atoms with E-state index in [1.807, 2.05) is 12.3 Å². The maximum Gasteiger partial charge on any atom is 0.0651 e. The Labute approximate surface area is 112 Å². The van der Waals surface area contributed by atoms with Crippen LogP contribution in [0, 0.1) is 6.92 Å². The van der Waals surface area contributed by atoms with Crippen molar-refractivity contribution in [2.24, 2.45) is 5.73 Å². The summed E-state index contributed by atoms with van der Waals surface area (Å²) in [5, 5.41) is 1.23. The predicted molar refractivity (Wildman–Crippen MR) is 77.9 cm³/mol.